The Labute approximate surface area is 195 Å². The Kier molecular flexibility index (Phi) is 6.04. The number of amides is 2. The predicted molar refractivity (Wildman–Crippen MR) is 125 cm³/mol. The molecule has 7 nitrogen and oxygen atoms in total. The van der Waals surface area contributed by atoms with E-state index in [0.29, 0.717) is 24.6 Å². The van der Waals surface area contributed by atoms with Gasteiger partial charge in [0.2, 0.25) is 11.8 Å². The highest BCUT2D eigenvalue weighted by Gasteiger charge is 2.38. The molecule has 3 heterocycles. The highest BCUT2D eigenvalue weighted by molar-refractivity contribution is 6.00. The smallest absolute Gasteiger partial charge is 0.233 e. The lowest BCUT2D eigenvalue weighted by molar-refractivity contribution is -0.137. The first-order chi connectivity index (χ1) is 16.0. The van der Waals surface area contributed by atoms with Crippen LogP contribution in [0.4, 0.5) is 5.82 Å². The zero-order valence-corrected chi connectivity index (χ0v) is 19.5. The zero-order chi connectivity index (χ0) is 22.9. The first-order valence-corrected chi connectivity index (χ1v) is 12.2. The lowest BCUT2D eigenvalue weighted by atomic mass is 9.88. The molecule has 2 amide bonds. The van der Waals surface area contributed by atoms with Crippen LogP contribution in [0.3, 0.4) is 0 Å². The fourth-order valence-corrected chi connectivity index (χ4v) is 5.51. The number of fused-ring (bicyclic) bond motifs is 1. The normalized spacial score (nSPS) is 20.9. The van der Waals surface area contributed by atoms with Gasteiger partial charge in [-0.1, -0.05) is 31.4 Å². The summed E-state index contributed by atoms with van der Waals surface area (Å²) in [6.07, 6.45) is 7.69. The van der Waals surface area contributed by atoms with Crippen LogP contribution in [0.1, 0.15) is 73.6 Å². The number of likely N-dealkylation sites (tertiary alicyclic amines) is 1. The summed E-state index contributed by atoms with van der Waals surface area (Å²) in [6, 6.07) is 7.66. The molecule has 3 aliphatic rings. The van der Waals surface area contributed by atoms with Gasteiger partial charge in [0.25, 0.3) is 0 Å². The maximum atomic E-state index is 13.3. The Hall–Kier alpha value is -2.96. The van der Waals surface area contributed by atoms with Crippen molar-refractivity contribution in [3.8, 4) is 5.75 Å². The molecule has 1 unspecified atom stereocenters. The Morgan fingerprint density at radius 2 is 1.82 bits per heavy atom. The van der Waals surface area contributed by atoms with Gasteiger partial charge in [0.05, 0.1) is 26.1 Å². The van der Waals surface area contributed by atoms with Crippen molar-refractivity contribution in [3.63, 3.8) is 0 Å². The lowest BCUT2D eigenvalue weighted by Gasteiger charge is -2.30. The fraction of sp³-hybridized carbons (Fsp3) is 0.538. The number of carbonyl (C=O) groups is 2. The minimum atomic E-state index is -0.0954. The molecule has 1 aromatic heterocycles. The number of aromatic nitrogens is 2. The summed E-state index contributed by atoms with van der Waals surface area (Å²) in [6.45, 7) is 3.19. The van der Waals surface area contributed by atoms with Gasteiger partial charge in [-0.05, 0) is 50.3 Å². The van der Waals surface area contributed by atoms with Crippen LogP contribution in [0.5, 0.6) is 5.75 Å². The van der Waals surface area contributed by atoms with Crippen LogP contribution in [0.25, 0.3) is 0 Å². The van der Waals surface area contributed by atoms with Gasteiger partial charge >= 0.3 is 0 Å². The third-order valence-corrected chi connectivity index (χ3v) is 7.38. The van der Waals surface area contributed by atoms with Crippen LogP contribution in [0.15, 0.2) is 24.3 Å². The van der Waals surface area contributed by atoms with Crippen LogP contribution < -0.4 is 9.64 Å². The number of rotatable bonds is 5. The van der Waals surface area contributed by atoms with Gasteiger partial charge in [-0.25, -0.2) is 9.97 Å². The lowest BCUT2D eigenvalue weighted by Crippen LogP contribution is -2.37. The second-order valence-corrected chi connectivity index (χ2v) is 9.50. The van der Waals surface area contributed by atoms with Gasteiger partial charge < -0.3 is 9.64 Å². The number of nitrogens with zero attached hydrogens (tertiary/aromatic N) is 4. The van der Waals surface area contributed by atoms with Crippen LogP contribution in [0.2, 0.25) is 0 Å². The molecule has 5 rings (SSSR count). The Bertz CT molecular complexity index is 1050. The molecule has 1 saturated carbocycles. The molecule has 2 aliphatic heterocycles. The number of aryl methyl sites for hydroxylation is 1. The minimum Gasteiger partial charge on any atom is -0.497 e. The van der Waals surface area contributed by atoms with E-state index in [2.05, 4.69) is 0 Å². The molecule has 33 heavy (non-hydrogen) atoms. The van der Waals surface area contributed by atoms with E-state index in [1.165, 1.54) is 6.42 Å². The highest BCUT2D eigenvalue weighted by Crippen LogP contribution is 2.37. The van der Waals surface area contributed by atoms with Crippen LogP contribution in [0, 0.1) is 12.8 Å². The number of hydrogen-bond acceptors (Lipinski definition) is 5. The van der Waals surface area contributed by atoms with Crippen molar-refractivity contribution < 1.29 is 14.3 Å². The van der Waals surface area contributed by atoms with E-state index in [1.807, 2.05) is 36.1 Å². The highest BCUT2D eigenvalue weighted by atomic mass is 16.5. The number of anilines is 1. The van der Waals surface area contributed by atoms with Crippen LogP contribution in [-0.4, -0.2) is 40.3 Å². The Morgan fingerprint density at radius 3 is 2.55 bits per heavy atom. The molecule has 1 aromatic carbocycles. The van der Waals surface area contributed by atoms with Crippen molar-refractivity contribution in [2.45, 2.75) is 70.9 Å². The van der Waals surface area contributed by atoms with Gasteiger partial charge in [-0.15, -0.1) is 0 Å². The van der Waals surface area contributed by atoms with Gasteiger partial charge in [0.1, 0.15) is 11.6 Å². The fourth-order valence-electron chi connectivity index (χ4n) is 5.51. The molecule has 2 aromatic rings. The standard InChI is InChI=1S/C26H32N4O3/c1-17-21-15-23(31)30(16-18-10-12-20(33-2)13-11-18)25(21)28-24(27-17)22-9-6-14-29(22)26(32)19-7-4-3-5-8-19/h10-13,19,22H,3-9,14-16H2,1-2H3. The SMILES string of the molecule is COc1ccc(CN2C(=O)Cc3c(C)nc(C4CCCN4C(=O)C4CCCCC4)nc32)cc1. The van der Waals surface area contributed by atoms with E-state index < -0.39 is 0 Å². The van der Waals surface area contributed by atoms with Crippen molar-refractivity contribution in [1.82, 2.24) is 14.9 Å². The van der Waals surface area contributed by atoms with E-state index in [0.717, 1.165) is 67.6 Å². The average Bonchev–Trinajstić information content (AvgIpc) is 3.45. The number of ether oxygens (including phenoxy) is 1. The van der Waals surface area contributed by atoms with Gasteiger partial charge in [0, 0.05) is 23.7 Å². The van der Waals surface area contributed by atoms with E-state index in [-0.39, 0.29) is 23.8 Å². The molecule has 1 atom stereocenters. The van der Waals surface area contributed by atoms with Crippen molar-refractivity contribution >= 4 is 17.6 Å². The monoisotopic (exact) mass is 448 g/mol. The topological polar surface area (TPSA) is 75.6 Å². The molecule has 7 heteroatoms. The summed E-state index contributed by atoms with van der Waals surface area (Å²) in [5, 5.41) is 0. The van der Waals surface area contributed by atoms with Crippen molar-refractivity contribution in [3.05, 3.63) is 46.9 Å². The predicted octanol–water partition coefficient (Wildman–Crippen LogP) is 4.13. The van der Waals surface area contributed by atoms with Crippen molar-refractivity contribution in [1.29, 1.82) is 0 Å². The summed E-state index contributed by atoms with van der Waals surface area (Å²) in [5.41, 5.74) is 2.77. The largest absolute Gasteiger partial charge is 0.497 e. The maximum Gasteiger partial charge on any atom is 0.233 e. The number of hydrogen-bond donors (Lipinski definition) is 0. The molecule has 0 radical (unpaired) electrons. The summed E-state index contributed by atoms with van der Waals surface area (Å²) < 4.78 is 5.24. The van der Waals surface area contributed by atoms with Crippen molar-refractivity contribution in [2.75, 3.05) is 18.6 Å². The maximum absolute atomic E-state index is 13.3. The Morgan fingerprint density at radius 1 is 1.06 bits per heavy atom. The summed E-state index contributed by atoms with van der Waals surface area (Å²) in [4.78, 5) is 39.7. The number of methoxy groups -OCH3 is 1. The molecule has 0 spiro atoms. The van der Waals surface area contributed by atoms with Gasteiger partial charge in [0.15, 0.2) is 5.82 Å². The molecule has 2 fully saturated rings. The number of carbonyl (C=O) groups excluding carboxylic acids is 2. The average molecular weight is 449 g/mol. The molecule has 0 bridgehead atoms. The van der Waals surface area contributed by atoms with Crippen molar-refractivity contribution in [2.24, 2.45) is 5.92 Å². The summed E-state index contributed by atoms with van der Waals surface area (Å²) >= 11 is 0. The third kappa shape index (κ3) is 4.21. The summed E-state index contributed by atoms with van der Waals surface area (Å²) in [7, 11) is 1.64. The first kappa shape index (κ1) is 21.9. The molecule has 174 valence electrons. The van der Waals surface area contributed by atoms with E-state index in [9.17, 15) is 9.59 Å². The van der Waals surface area contributed by atoms with Crippen LogP contribution in [-0.2, 0) is 22.6 Å². The first-order valence-electron chi connectivity index (χ1n) is 12.2. The molecular formula is C26H32N4O3. The summed E-state index contributed by atoms with van der Waals surface area (Å²) in [5.74, 6) is 2.62. The zero-order valence-electron chi connectivity index (χ0n) is 19.5. The molecule has 1 saturated heterocycles. The molecule has 1 aliphatic carbocycles. The van der Waals surface area contributed by atoms with Crippen LogP contribution >= 0.6 is 0 Å². The second kappa shape index (κ2) is 9.12. The van der Waals surface area contributed by atoms with E-state index in [4.69, 9.17) is 14.7 Å². The minimum absolute atomic E-state index is 0.0388. The second-order valence-electron chi connectivity index (χ2n) is 9.50. The van der Waals surface area contributed by atoms with E-state index in [1.54, 1.807) is 12.0 Å². The quantitative estimate of drug-likeness (QED) is 0.688. The van der Waals surface area contributed by atoms with Gasteiger partial charge in [-0.3, -0.25) is 14.5 Å². The van der Waals surface area contributed by atoms with Gasteiger partial charge in [-0.2, -0.15) is 0 Å². The van der Waals surface area contributed by atoms with E-state index >= 15 is 0 Å². The molecule has 0 N–H and O–H groups in total. The number of benzene rings is 1. The third-order valence-electron chi connectivity index (χ3n) is 7.38. The molecular weight excluding hydrogens is 416 g/mol. The Balaban J connectivity index is 1.41.